The Morgan fingerprint density at radius 1 is 0.833 bits per heavy atom. The van der Waals surface area contributed by atoms with Crippen LogP contribution in [0.25, 0.3) is 0 Å². The SMILES string of the molecule is O=C(CCN1c2ccccc2Sc2ccccc21)N1CCN(c2ccccn2)CC1. The summed E-state index contributed by atoms with van der Waals surface area (Å²) in [7, 11) is 0. The molecule has 2 aromatic carbocycles. The molecule has 3 heterocycles. The van der Waals surface area contributed by atoms with E-state index in [4.69, 9.17) is 0 Å². The topological polar surface area (TPSA) is 39.7 Å². The standard InChI is InChI=1S/C24H24N4OS/c29-24(27-17-15-26(16-18-27)23-11-5-6-13-25-23)12-14-28-19-7-1-3-9-21(19)30-22-10-4-2-8-20(22)28/h1-11,13H,12,14-18H2. The zero-order valence-corrected chi connectivity index (χ0v) is 17.6. The number of carbonyl (C=O) groups excluding carboxylic acids is 1. The number of benzene rings is 2. The van der Waals surface area contributed by atoms with Crippen LogP contribution in [0.1, 0.15) is 6.42 Å². The number of piperazine rings is 1. The maximum atomic E-state index is 13.0. The number of aromatic nitrogens is 1. The van der Waals surface area contributed by atoms with Gasteiger partial charge in [-0.3, -0.25) is 4.79 Å². The number of hydrogen-bond donors (Lipinski definition) is 0. The van der Waals surface area contributed by atoms with Crippen molar-refractivity contribution in [2.24, 2.45) is 0 Å². The van der Waals surface area contributed by atoms with Gasteiger partial charge in [0.15, 0.2) is 0 Å². The lowest BCUT2D eigenvalue weighted by atomic mass is 10.2. The van der Waals surface area contributed by atoms with Crippen molar-refractivity contribution in [1.82, 2.24) is 9.88 Å². The van der Waals surface area contributed by atoms with Gasteiger partial charge in [-0.1, -0.05) is 42.1 Å². The fraction of sp³-hybridized carbons (Fsp3) is 0.250. The fourth-order valence-electron chi connectivity index (χ4n) is 4.11. The Morgan fingerprint density at radius 3 is 2.10 bits per heavy atom. The van der Waals surface area contributed by atoms with E-state index in [1.54, 1.807) is 11.8 Å². The Labute approximate surface area is 181 Å². The van der Waals surface area contributed by atoms with Crippen molar-refractivity contribution < 1.29 is 4.79 Å². The molecule has 6 heteroatoms. The Morgan fingerprint density at radius 2 is 1.47 bits per heavy atom. The number of rotatable bonds is 4. The smallest absolute Gasteiger partial charge is 0.224 e. The van der Waals surface area contributed by atoms with E-state index < -0.39 is 0 Å². The molecule has 1 saturated heterocycles. The maximum absolute atomic E-state index is 13.0. The molecular formula is C24H24N4OS. The van der Waals surface area contributed by atoms with E-state index in [1.807, 2.05) is 29.3 Å². The van der Waals surface area contributed by atoms with E-state index >= 15 is 0 Å². The van der Waals surface area contributed by atoms with Gasteiger partial charge < -0.3 is 14.7 Å². The molecule has 30 heavy (non-hydrogen) atoms. The first-order valence-electron chi connectivity index (χ1n) is 10.4. The maximum Gasteiger partial charge on any atom is 0.224 e. The van der Waals surface area contributed by atoms with E-state index in [0.29, 0.717) is 13.0 Å². The van der Waals surface area contributed by atoms with Crippen molar-refractivity contribution in [3.05, 3.63) is 72.9 Å². The van der Waals surface area contributed by atoms with Crippen LogP contribution in [0.2, 0.25) is 0 Å². The minimum absolute atomic E-state index is 0.226. The van der Waals surface area contributed by atoms with Crippen molar-refractivity contribution in [2.45, 2.75) is 16.2 Å². The summed E-state index contributed by atoms with van der Waals surface area (Å²) < 4.78 is 0. The zero-order valence-electron chi connectivity index (χ0n) is 16.8. The molecular weight excluding hydrogens is 392 g/mol. The van der Waals surface area contributed by atoms with Crippen molar-refractivity contribution in [3.63, 3.8) is 0 Å². The second kappa shape index (κ2) is 8.40. The molecule has 5 rings (SSSR count). The normalized spacial score (nSPS) is 15.5. The van der Waals surface area contributed by atoms with E-state index in [0.717, 1.165) is 32.0 Å². The van der Waals surface area contributed by atoms with Crippen molar-refractivity contribution in [1.29, 1.82) is 0 Å². The summed E-state index contributed by atoms with van der Waals surface area (Å²) in [5.74, 6) is 1.22. The van der Waals surface area contributed by atoms with Gasteiger partial charge >= 0.3 is 0 Å². The van der Waals surface area contributed by atoms with Gasteiger partial charge in [-0.2, -0.15) is 0 Å². The third kappa shape index (κ3) is 3.75. The lowest BCUT2D eigenvalue weighted by Gasteiger charge is -2.36. The Bertz CT molecular complexity index is 989. The molecule has 3 aromatic rings. The molecule has 0 unspecified atom stereocenters. The predicted octanol–water partition coefficient (Wildman–Crippen LogP) is 4.42. The predicted molar refractivity (Wildman–Crippen MR) is 122 cm³/mol. The lowest BCUT2D eigenvalue weighted by Crippen LogP contribution is -2.49. The van der Waals surface area contributed by atoms with Crippen LogP contribution in [0.5, 0.6) is 0 Å². The van der Waals surface area contributed by atoms with E-state index in [9.17, 15) is 4.79 Å². The average Bonchev–Trinajstić information content (AvgIpc) is 2.82. The number of nitrogens with zero attached hydrogens (tertiary/aromatic N) is 4. The molecule has 1 amide bonds. The van der Waals surface area contributed by atoms with Crippen LogP contribution in [0.4, 0.5) is 17.2 Å². The summed E-state index contributed by atoms with van der Waals surface area (Å²) >= 11 is 1.80. The van der Waals surface area contributed by atoms with Crippen LogP contribution in [0.3, 0.4) is 0 Å². The van der Waals surface area contributed by atoms with Crippen molar-refractivity contribution in [2.75, 3.05) is 42.5 Å². The Kier molecular flexibility index (Phi) is 5.32. The van der Waals surface area contributed by atoms with Crippen LogP contribution in [-0.2, 0) is 4.79 Å². The summed E-state index contributed by atoms with van der Waals surface area (Å²) in [6.07, 6.45) is 2.33. The first kappa shape index (κ1) is 19.0. The van der Waals surface area contributed by atoms with Crippen LogP contribution >= 0.6 is 11.8 Å². The molecule has 2 aliphatic heterocycles. The highest BCUT2D eigenvalue weighted by Crippen LogP contribution is 2.47. The number of pyridine rings is 1. The quantitative estimate of drug-likeness (QED) is 0.630. The fourth-order valence-corrected chi connectivity index (χ4v) is 5.21. The molecule has 2 aliphatic rings. The number of anilines is 3. The molecule has 0 atom stereocenters. The minimum Gasteiger partial charge on any atom is -0.353 e. The van der Waals surface area contributed by atoms with Crippen molar-refractivity contribution >= 4 is 34.9 Å². The highest BCUT2D eigenvalue weighted by atomic mass is 32.2. The van der Waals surface area contributed by atoms with Gasteiger partial charge in [0.25, 0.3) is 0 Å². The average molecular weight is 417 g/mol. The highest BCUT2D eigenvalue weighted by Gasteiger charge is 2.25. The van der Waals surface area contributed by atoms with Gasteiger partial charge in [0.05, 0.1) is 11.4 Å². The number of fused-ring (bicyclic) bond motifs is 2. The first-order chi connectivity index (χ1) is 14.8. The highest BCUT2D eigenvalue weighted by molar-refractivity contribution is 7.99. The summed E-state index contributed by atoms with van der Waals surface area (Å²) in [6, 6.07) is 22.9. The van der Waals surface area contributed by atoms with Crippen LogP contribution in [0.15, 0.2) is 82.7 Å². The van der Waals surface area contributed by atoms with Crippen LogP contribution < -0.4 is 9.80 Å². The molecule has 5 nitrogen and oxygen atoms in total. The number of amides is 1. The van der Waals surface area contributed by atoms with Gasteiger partial charge in [0.1, 0.15) is 5.82 Å². The summed E-state index contributed by atoms with van der Waals surface area (Å²) in [6.45, 7) is 3.84. The molecule has 152 valence electrons. The molecule has 1 aromatic heterocycles. The van der Waals surface area contributed by atoms with E-state index in [-0.39, 0.29) is 5.91 Å². The molecule has 0 aliphatic carbocycles. The molecule has 0 bridgehead atoms. The van der Waals surface area contributed by atoms with Crippen LogP contribution in [0, 0.1) is 0 Å². The molecule has 0 N–H and O–H groups in total. The molecule has 1 fully saturated rings. The third-order valence-corrected chi connectivity index (χ3v) is 6.82. The summed E-state index contributed by atoms with van der Waals surface area (Å²) in [5, 5.41) is 0. The second-order valence-corrected chi connectivity index (χ2v) is 8.58. The second-order valence-electron chi connectivity index (χ2n) is 7.49. The Hall–Kier alpha value is -2.99. The zero-order chi connectivity index (χ0) is 20.3. The Balaban J connectivity index is 1.24. The lowest BCUT2D eigenvalue weighted by molar-refractivity contribution is -0.131. The molecule has 0 spiro atoms. The van der Waals surface area contributed by atoms with Crippen LogP contribution in [-0.4, -0.2) is 48.5 Å². The minimum atomic E-state index is 0.226. The monoisotopic (exact) mass is 416 g/mol. The summed E-state index contributed by atoms with van der Waals surface area (Å²) in [4.78, 5) is 26.4. The van der Waals surface area contributed by atoms with E-state index in [1.165, 1.54) is 21.2 Å². The third-order valence-electron chi connectivity index (χ3n) is 5.69. The first-order valence-corrected chi connectivity index (χ1v) is 11.2. The van der Waals surface area contributed by atoms with Gasteiger partial charge in [-0.15, -0.1) is 0 Å². The van der Waals surface area contributed by atoms with Gasteiger partial charge in [-0.05, 0) is 36.4 Å². The summed E-state index contributed by atoms with van der Waals surface area (Å²) in [5.41, 5.74) is 2.38. The molecule has 0 saturated carbocycles. The number of para-hydroxylation sites is 2. The molecule has 0 radical (unpaired) electrons. The van der Waals surface area contributed by atoms with E-state index in [2.05, 4.69) is 63.3 Å². The largest absolute Gasteiger partial charge is 0.353 e. The number of carbonyl (C=O) groups is 1. The van der Waals surface area contributed by atoms with Gasteiger partial charge in [0.2, 0.25) is 5.91 Å². The van der Waals surface area contributed by atoms with Gasteiger partial charge in [0, 0.05) is 55.1 Å². The van der Waals surface area contributed by atoms with Gasteiger partial charge in [-0.25, -0.2) is 4.98 Å². The van der Waals surface area contributed by atoms with Crippen molar-refractivity contribution in [3.8, 4) is 0 Å². The number of hydrogen-bond acceptors (Lipinski definition) is 5.